The molecule has 0 fully saturated rings. The lowest BCUT2D eigenvalue weighted by Gasteiger charge is -1.97. The van der Waals surface area contributed by atoms with Crippen molar-refractivity contribution in [3.63, 3.8) is 0 Å². The van der Waals surface area contributed by atoms with Crippen LogP contribution in [0.2, 0.25) is 0 Å². The van der Waals surface area contributed by atoms with Crippen molar-refractivity contribution >= 4 is 42.6 Å². The van der Waals surface area contributed by atoms with Gasteiger partial charge in [-0.1, -0.05) is 27.3 Å². The largest absolute Gasteiger partial charge is 0.356 e. The van der Waals surface area contributed by atoms with Crippen LogP contribution < -0.4 is 5.32 Å². The average molecular weight is 323 g/mol. The molecule has 0 aliphatic heterocycles. The van der Waals surface area contributed by atoms with Crippen LogP contribution in [0.15, 0.2) is 34.9 Å². The zero-order valence-electron chi connectivity index (χ0n) is 9.72. The zero-order chi connectivity index (χ0) is 12.5. The van der Waals surface area contributed by atoms with Crippen LogP contribution in [0, 0.1) is 0 Å². The molecule has 0 saturated heterocycles. The molecule has 0 radical (unpaired) electrons. The number of halogens is 1. The summed E-state index contributed by atoms with van der Waals surface area (Å²) in [5.74, 6) is 0. The summed E-state index contributed by atoms with van der Waals surface area (Å²) in [5, 5.41) is 8.54. The summed E-state index contributed by atoms with van der Waals surface area (Å²) in [5.41, 5.74) is 2.02. The maximum atomic E-state index is 4.54. The van der Waals surface area contributed by atoms with Crippen LogP contribution in [0.4, 0.5) is 5.13 Å². The summed E-state index contributed by atoms with van der Waals surface area (Å²) in [6.45, 7) is 0.696. The third kappa shape index (κ3) is 2.39. The molecule has 0 bridgehead atoms. The van der Waals surface area contributed by atoms with Crippen molar-refractivity contribution in [2.45, 2.75) is 6.54 Å². The van der Waals surface area contributed by atoms with E-state index in [1.807, 2.05) is 31.4 Å². The fraction of sp³-hybridized carbons (Fsp3) is 0.167. The molecule has 0 amide bonds. The van der Waals surface area contributed by atoms with E-state index in [4.69, 9.17) is 0 Å². The van der Waals surface area contributed by atoms with Crippen molar-refractivity contribution in [3.05, 3.63) is 40.6 Å². The molecular weight excluding hydrogens is 312 g/mol. The predicted molar refractivity (Wildman–Crippen MR) is 77.9 cm³/mol. The first kappa shape index (κ1) is 11.7. The van der Waals surface area contributed by atoms with Crippen LogP contribution >= 0.6 is 27.3 Å². The first-order chi connectivity index (χ1) is 8.70. The Morgan fingerprint density at radius 2 is 2.28 bits per heavy atom. The Morgan fingerprint density at radius 3 is 3.06 bits per heavy atom. The molecule has 2 aromatic heterocycles. The molecule has 1 N–H and O–H groups in total. The first-order valence-corrected chi connectivity index (χ1v) is 7.10. The number of nitrogens with one attached hydrogen (secondary N) is 1. The number of fused-ring (bicyclic) bond motifs is 1. The van der Waals surface area contributed by atoms with Gasteiger partial charge in [0.2, 0.25) is 0 Å². The summed E-state index contributed by atoms with van der Waals surface area (Å²) in [7, 11) is 1.92. The van der Waals surface area contributed by atoms with Gasteiger partial charge in [-0.2, -0.15) is 5.10 Å². The lowest BCUT2D eigenvalue weighted by molar-refractivity contribution is 0.747. The zero-order valence-corrected chi connectivity index (χ0v) is 12.1. The Hall–Kier alpha value is -1.40. The highest BCUT2D eigenvalue weighted by Gasteiger charge is 2.04. The minimum Gasteiger partial charge on any atom is -0.356 e. The van der Waals surface area contributed by atoms with Crippen LogP contribution in [-0.2, 0) is 13.6 Å². The van der Waals surface area contributed by atoms with Crippen molar-refractivity contribution < 1.29 is 0 Å². The van der Waals surface area contributed by atoms with Crippen LogP contribution in [-0.4, -0.2) is 14.8 Å². The third-order valence-corrected chi connectivity index (χ3v) is 4.03. The van der Waals surface area contributed by atoms with Gasteiger partial charge in [0.15, 0.2) is 5.13 Å². The van der Waals surface area contributed by atoms with E-state index in [0.29, 0.717) is 6.54 Å². The molecule has 6 heteroatoms. The second-order valence-electron chi connectivity index (χ2n) is 3.97. The highest BCUT2D eigenvalue weighted by Crippen LogP contribution is 2.28. The second kappa shape index (κ2) is 4.70. The molecule has 92 valence electrons. The minimum absolute atomic E-state index is 0.696. The van der Waals surface area contributed by atoms with Gasteiger partial charge in [-0.3, -0.25) is 4.68 Å². The number of rotatable bonds is 3. The lowest BCUT2D eigenvalue weighted by atomic mass is 10.3. The number of nitrogens with zero attached hydrogens (tertiary/aromatic N) is 3. The Morgan fingerprint density at radius 1 is 1.39 bits per heavy atom. The van der Waals surface area contributed by atoms with Gasteiger partial charge in [0.1, 0.15) is 0 Å². The number of thiazole rings is 1. The van der Waals surface area contributed by atoms with E-state index >= 15 is 0 Å². The standard InChI is InChI=1S/C12H11BrN4S/c1-17-5-4-9(16-17)7-14-12-15-10-6-8(13)2-3-11(10)18-12/h2-6H,7H2,1H3,(H,14,15). The molecule has 0 saturated carbocycles. The van der Waals surface area contributed by atoms with Crippen LogP contribution in [0.25, 0.3) is 10.2 Å². The highest BCUT2D eigenvalue weighted by molar-refractivity contribution is 9.10. The van der Waals surface area contributed by atoms with E-state index in [2.05, 4.69) is 37.4 Å². The maximum Gasteiger partial charge on any atom is 0.184 e. The quantitative estimate of drug-likeness (QED) is 0.803. The molecule has 0 atom stereocenters. The van der Waals surface area contributed by atoms with E-state index in [1.165, 1.54) is 4.70 Å². The van der Waals surface area contributed by atoms with Gasteiger partial charge in [0.25, 0.3) is 0 Å². The monoisotopic (exact) mass is 322 g/mol. The van der Waals surface area contributed by atoms with Gasteiger partial charge in [-0.25, -0.2) is 4.98 Å². The molecule has 4 nitrogen and oxygen atoms in total. The summed E-state index contributed by atoms with van der Waals surface area (Å²) >= 11 is 5.11. The molecular formula is C12H11BrN4S. The first-order valence-electron chi connectivity index (χ1n) is 5.49. The highest BCUT2D eigenvalue weighted by atomic mass is 79.9. The van der Waals surface area contributed by atoms with E-state index in [1.54, 1.807) is 16.0 Å². The molecule has 2 heterocycles. The Bertz CT molecular complexity index is 688. The van der Waals surface area contributed by atoms with E-state index in [9.17, 15) is 0 Å². The van der Waals surface area contributed by atoms with E-state index in [0.717, 1.165) is 20.8 Å². The van der Waals surface area contributed by atoms with Gasteiger partial charge in [-0.05, 0) is 24.3 Å². The van der Waals surface area contributed by atoms with Gasteiger partial charge in [-0.15, -0.1) is 0 Å². The molecule has 0 spiro atoms. The lowest BCUT2D eigenvalue weighted by Crippen LogP contribution is -2.00. The smallest absolute Gasteiger partial charge is 0.184 e. The SMILES string of the molecule is Cn1ccc(CNc2nc3cc(Br)ccc3s2)n1. The normalized spacial score (nSPS) is 11.0. The van der Waals surface area contributed by atoms with Crippen LogP contribution in [0.3, 0.4) is 0 Å². The number of benzene rings is 1. The number of aryl methyl sites for hydroxylation is 1. The van der Waals surface area contributed by atoms with Gasteiger partial charge < -0.3 is 5.32 Å². The Kier molecular flexibility index (Phi) is 3.05. The predicted octanol–water partition coefficient (Wildman–Crippen LogP) is 3.40. The van der Waals surface area contributed by atoms with E-state index in [-0.39, 0.29) is 0 Å². The maximum absolute atomic E-state index is 4.54. The molecule has 1 aromatic carbocycles. The van der Waals surface area contributed by atoms with Gasteiger partial charge >= 0.3 is 0 Å². The summed E-state index contributed by atoms with van der Waals surface area (Å²) in [6.07, 6.45) is 1.94. The molecule has 0 aliphatic rings. The molecule has 3 rings (SSSR count). The van der Waals surface area contributed by atoms with Crippen molar-refractivity contribution in [1.82, 2.24) is 14.8 Å². The van der Waals surface area contributed by atoms with Crippen molar-refractivity contribution in [1.29, 1.82) is 0 Å². The van der Waals surface area contributed by atoms with Crippen LogP contribution in [0.1, 0.15) is 5.69 Å². The number of anilines is 1. The number of aromatic nitrogens is 3. The van der Waals surface area contributed by atoms with Gasteiger partial charge in [0.05, 0.1) is 22.5 Å². The fourth-order valence-electron chi connectivity index (χ4n) is 1.70. The number of hydrogen-bond donors (Lipinski definition) is 1. The summed E-state index contributed by atoms with van der Waals surface area (Å²) < 4.78 is 4.03. The molecule has 0 aliphatic carbocycles. The Balaban J connectivity index is 1.78. The molecule has 18 heavy (non-hydrogen) atoms. The van der Waals surface area contributed by atoms with E-state index < -0.39 is 0 Å². The minimum atomic E-state index is 0.696. The topological polar surface area (TPSA) is 42.7 Å². The fourth-order valence-corrected chi connectivity index (χ4v) is 2.89. The van der Waals surface area contributed by atoms with Crippen molar-refractivity contribution in [2.24, 2.45) is 7.05 Å². The second-order valence-corrected chi connectivity index (χ2v) is 5.91. The number of hydrogen-bond acceptors (Lipinski definition) is 4. The summed E-state index contributed by atoms with van der Waals surface area (Å²) in [6, 6.07) is 8.13. The Labute approximate surface area is 117 Å². The summed E-state index contributed by atoms with van der Waals surface area (Å²) in [4.78, 5) is 4.54. The molecule has 0 unspecified atom stereocenters. The van der Waals surface area contributed by atoms with Gasteiger partial charge in [0, 0.05) is 17.7 Å². The third-order valence-electron chi connectivity index (χ3n) is 2.54. The van der Waals surface area contributed by atoms with Crippen molar-refractivity contribution in [2.75, 3.05) is 5.32 Å². The van der Waals surface area contributed by atoms with Crippen molar-refractivity contribution in [3.8, 4) is 0 Å². The molecule has 3 aromatic rings. The average Bonchev–Trinajstić information content (AvgIpc) is 2.92. The van der Waals surface area contributed by atoms with Crippen LogP contribution in [0.5, 0.6) is 0 Å².